The van der Waals surface area contributed by atoms with Crippen LogP contribution in [0, 0.1) is 0 Å². The van der Waals surface area contributed by atoms with E-state index in [2.05, 4.69) is 5.32 Å². The van der Waals surface area contributed by atoms with Gasteiger partial charge in [-0.2, -0.15) is 0 Å². The maximum atomic E-state index is 12.1. The zero-order chi connectivity index (χ0) is 16.1. The molecule has 1 heterocycles. The summed E-state index contributed by atoms with van der Waals surface area (Å²) in [5, 5.41) is 2.46. The van der Waals surface area contributed by atoms with Gasteiger partial charge in [-0.05, 0) is 25.5 Å². The second-order valence-corrected chi connectivity index (χ2v) is 6.25. The van der Waals surface area contributed by atoms with Crippen LogP contribution in [0.15, 0.2) is 36.4 Å². The molecule has 1 N–H and O–H groups in total. The Morgan fingerprint density at radius 2 is 2.00 bits per heavy atom. The zero-order valence-corrected chi connectivity index (χ0v) is 13.8. The molecule has 2 aromatic rings. The van der Waals surface area contributed by atoms with Crippen molar-refractivity contribution in [3.8, 4) is 10.4 Å². The molecule has 0 aliphatic rings. The highest BCUT2D eigenvalue weighted by molar-refractivity contribution is 7.20. The summed E-state index contributed by atoms with van der Waals surface area (Å²) in [4.78, 5) is 24.7. The Hall–Kier alpha value is -1.85. The van der Waals surface area contributed by atoms with Crippen LogP contribution in [-0.2, 0) is 9.53 Å². The molecule has 22 heavy (non-hydrogen) atoms. The van der Waals surface area contributed by atoms with Gasteiger partial charge in [0.25, 0.3) is 0 Å². The van der Waals surface area contributed by atoms with Crippen molar-refractivity contribution in [1.82, 2.24) is 0 Å². The summed E-state index contributed by atoms with van der Waals surface area (Å²) in [5.41, 5.74) is 1.31. The van der Waals surface area contributed by atoms with Crippen LogP contribution in [0.3, 0.4) is 0 Å². The van der Waals surface area contributed by atoms with Crippen molar-refractivity contribution in [2.75, 3.05) is 11.9 Å². The number of ether oxygens (including phenoxy) is 1. The van der Waals surface area contributed by atoms with E-state index in [4.69, 9.17) is 16.3 Å². The number of anilines is 1. The fraction of sp³-hybridized carbons (Fsp3) is 0.250. The Balaban J connectivity index is 2.39. The van der Waals surface area contributed by atoms with Crippen LogP contribution >= 0.6 is 22.9 Å². The van der Waals surface area contributed by atoms with Gasteiger partial charge >= 0.3 is 5.97 Å². The molecule has 4 nitrogen and oxygen atoms in total. The molecule has 1 atom stereocenters. The molecule has 2 rings (SSSR count). The molecule has 1 aromatic carbocycles. The number of rotatable bonds is 5. The SMILES string of the molecule is CCOC(=O)c1cc(-c2ccccc2)sc1NC(=O)[C@H](C)Cl. The van der Waals surface area contributed by atoms with Crippen molar-refractivity contribution >= 4 is 39.8 Å². The fourth-order valence-electron chi connectivity index (χ4n) is 1.80. The van der Waals surface area contributed by atoms with Crippen LogP contribution in [-0.4, -0.2) is 23.9 Å². The summed E-state index contributed by atoms with van der Waals surface area (Å²) < 4.78 is 5.04. The van der Waals surface area contributed by atoms with E-state index in [1.807, 2.05) is 30.3 Å². The minimum Gasteiger partial charge on any atom is -0.462 e. The van der Waals surface area contributed by atoms with E-state index in [1.165, 1.54) is 11.3 Å². The molecule has 0 bridgehead atoms. The Morgan fingerprint density at radius 1 is 1.32 bits per heavy atom. The molecule has 0 saturated heterocycles. The summed E-state index contributed by atoms with van der Waals surface area (Å²) >= 11 is 7.09. The van der Waals surface area contributed by atoms with Crippen molar-refractivity contribution in [3.63, 3.8) is 0 Å². The van der Waals surface area contributed by atoms with E-state index in [9.17, 15) is 9.59 Å². The van der Waals surface area contributed by atoms with Crippen molar-refractivity contribution in [2.45, 2.75) is 19.2 Å². The number of carbonyl (C=O) groups is 2. The number of alkyl halides is 1. The van der Waals surface area contributed by atoms with E-state index >= 15 is 0 Å². The van der Waals surface area contributed by atoms with Gasteiger partial charge in [0, 0.05) is 4.88 Å². The highest BCUT2D eigenvalue weighted by Gasteiger charge is 2.21. The number of amides is 1. The molecule has 1 amide bonds. The average molecular weight is 338 g/mol. The summed E-state index contributed by atoms with van der Waals surface area (Å²) in [7, 11) is 0. The Morgan fingerprint density at radius 3 is 2.59 bits per heavy atom. The molecule has 0 aliphatic carbocycles. The summed E-state index contributed by atoms with van der Waals surface area (Å²) in [5.74, 6) is -0.813. The van der Waals surface area contributed by atoms with Gasteiger partial charge in [-0.3, -0.25) is 4.79 Å². The molecule has 0 spiro atoms. The fourth-order valence-corrected chi connectivity index (χ4v) is 2.91. The first-order chi connectivity index (χ1) is 10.5. The molecule has 0 saturated carbocycles. The monoisotopic (exact) mass is 337 g/mol. The Labute approximate surface area is 138 Å². The summed E-state index contributed by atoms with van der Waals surface area (Å²) in [6.45, 7) is 3.59. The summed E-state index contributed by atoms with van der Waals surface area (Å²) in [6.07, 6.45) is 0. The van der Waals surface area contributed by atoms with Crippen LogP contribution in [0.2, 0.25) is 0 Å². The van der Waals surface area contributed by atoms with Crippen molar-refractivity contribution < 1.29 is 14.3 Å². The van der Waals surface area contributed by atoms with Gasteiger partial charge in [0.15, 0.2) is 0 Å². The predicted molar refractivity (Wildman–Crippen MR) is 89.7 cm³/mol. The number of hydrogen-bond acceptors (Lipinski definition) is 4. The Bertz CT molecular complexity index is 667. The third-order valence-electron chi connectivity index (χ3n) is 2.88. The number of thiophene rings is 1. The van der Waals surface area contributed by atoms with Crippen LogP contribution in [0.5, 0.6) is 0 Å². The number of benzene rings is 1. The first-order valence-electron chi connectivity index (χ1n) is 6.84. The van der Waals surface area contributed by atoms with E-state index < -0.39 is 11.3 Å². The molecule has 6 heteroatoms. The quantitative estimate of drug-likeness (QED) is 0.658. The molecule has 0 radical (unpaired) electrons. The van der Waals surface area contributed by atoms with E-state index in [0.717, 1.165) is 10.4 Å². The van der Waals surface area contributed by atoms with Gasteiger partial charge in [-0.15, -0.1) is 22.9 Å². The minimum atomic E-state index is -0.683. The minimum absolute atomic E-state index is 0.272. The number of nitrogens with one attached hydrogen (secondary N) is 1. The predicted octanol–water partition coefficient (Wildman–Crippen LogP) is 4.16. The van der Waals surface area contributed by atoms with E-state index in [0.29, 0.717) is 10.6 Å². The first kappa shape index (κ1) is 16.5. The molecular weight excluding hydrogens is 322 g/mol. The average Bonchev–Trinajstić information content (AvgIpc) is 2.92. The van der Waals surface area contributed by atoms with Crippen molar-refractivity contribution in [2.24, 2.45) is 0 Å². The third-order valence-corrected chi connectivity index (χ3v) is 4.18. The number of hydrogen-bond donors (Lipinski definition) is 1. The largest absolute Gasteiger partial charge is 0.462 e. The van der Waals surface area contributed by atoms with Gasteiger partial charge in [-0.25, -0.2) is 4.79 Å². The second kappa shape index (κ2) is 7.42. The summed E-state index contributed by atoms with van der Waals surface area (Å²) in [6, 6.07) is 11.4. The smallest absolute Gasteiger partial charge is 0.341 e. The molecule has 1 aromatic heterocycles. The van der Waals surface area contributed by atoms with Gasteiger partial charge in [0.05, 0.1) is 12.2 Å². The van der Waals surface area contributed by atoms with Gasteiger partial charge < -0.3 is 10.1 Å². The third kappa shape index (κ3) is 3.87. The Kier molecular flexibility index (Phi) is 5.57. The lowest BCUT2D eigenvalue weighted by Gasteiger charge is -2.06. The number of halogens is 1. The lowest BCUT2D eigenvalue weighted by Crippen LogP contribution is -2.21. The number of carbonyl (C=O) groups excluding carboxylic acids is 2. The highest BCUT2D eigenvalue weighted by Crippen LogP contribution is 2.36. The van der Waals surface area contributed by atoms with Crippen LogP contribution in [0.4, 0.5) is 5.00 Å². The molecule has 116 valence electrons. The topological polar surface area (TPSA) is 55.4 Å². The normalized spacial score (nSPS) is 11.8. The van der Waals surface area contributed by atoms with Crippen LogP contribution < -0.4 is 5.32 Å². The van der Waals surface area contributed by atoms with Gasteiger partial charge in [-0.1, -0.05) is 30.3 Å². The lowest BCUT2D eigenvalue weighted by molar-refractivity contribution is -0.115. The first-order valence-corrected chi connectivity index (χ1v) is 8.09. The van der Waals surface area contributed by atoms with Crippen LogP contribution in [0.25, 0.3) is 10.4 Å². The van der Waals surface area contributed by atoms with Gasteiger partial charge in [0.1, 0.15) is 10.4 Å². The lowest BCUT2D eigenvalue weighted by atomic mass is 10.1. The van der Waals surface area contributed by atoms with Crippen molar-refractivity contribution in [1.29, 1.82) is 0 Å². The number of esters is 1. The molecular formula is C16H16ClNO3S. The van der Waals surface area contributed by atoms with E-state index in [-0.39, 0.29) is 12.5 Å². The molecule has 0 unspecified atom stereocenters. The van der Waals surface area contributed by atoms with Crippen LogP contribution in [0.1, 0.15) is 24.2 Å². The standard InChI is InChI=1S/C16H16ClNO3S/c1-3-21-16(20)12-9-13(11-7-5-4-6-8-11)22-15(12)18-14(19)10(2)17/h4-10H,3H2,1-2H3,(H,18,19)/t10-/m0/s1. The van der Waals surface area contributed by atoms with Crippen molar-refractivity contribution in [3.05, 3.63) is 42.0 Å². The zero-order valence-electron chi connectivity index (χ0n) is 12.3. The van der Waals surface area contributed by atoms with Gasteiger partial charge in [0.2, 0.25) is 5.91 Å². The maximum Gasteiger partial charge on any atom is 0.341 e. The maximum absolute atomic E-state index is 12.1. The molecule has 0 fully saturated rings. The van der Waals surface area contributed by atoms with E-state index in [1.54, 1.807) is 19.9 Å². The second-order valence-electron chi connectivity index (χ2n) is 4.55. The molecule has 0 aliphatic heterocycles. The highest BCUT2D eigenvalue weighted by atomic mass is 35.5.